The number of barbiturate groups is 1. The number of nitrogens with one attached hydrogen (secondary N) is 1. The normalized spacial score (nSPS) is 14.9. The topological polar surface area (TPSA) is 75.7 Å². The number of amides is 4. The first-order valence-corrected chi connectivity index (χ1v) is 11.7. The van der Waals surface area contributed by atoms with E-state index in [1.54, 1.807) is 49.4 Å². The summed E-state index contributed by atoms with van der Waals surface area (Å²) in [4.78, 5) is 39.4. The van der Waals surface area contributed by atoms with Crippen LogP contribution < -0.4 is 15.0 Å². The van der Waals surface area contributed by atoms with Crippen LogP contribution in [0.1, 0.15) is 16.7 Å². The van der Waals surface area contributed by atoms with Crippen LogP contribution in [0.25, 0.3) is 6.08 Å². The third-order valence-corrected chi connectivity index (χ3v) is 6.38. The van der Waals surface area contributed by atoms with Gasteiger partial charge in [0.15, 0.2) is 0 Å². The minimum absolute atomic E-state index is 0.140. The van der Waals surface area contributed by atoms with Gasteiger partial charge in [0.2, 0.25) is 0 Å². The van der Waals surface area contributed by atoms with E-state index in [1.165, 1.54) is 18.2 Å². The van der Waals surface area contributed by atoms with Crippen LogP contribution >= 0.6 is 46.4 Å². The van der Waals surface area contributed by atoms with Gasteiger partial charge >= 0.3 is 6.03 Å². The highest BCUT2D eigenvalue weighted by Crippen LogP contribution is 2.36. The number of nitrogens with zero attached hydrogens (tertiary/aromatic N) is 1. The molecule has 1 saturated heterocycles. The molecule has 0 aliphatic carbocycles. The van der Waals surface area contributed by atoms with Crippen molar-refractivity contribution in [1.82, 2.24) is 5.32 Å². The first-order valence-electron chi connectivity index (χ1n) is 10.2. The Labute approximate surface area is 221 Å². The molecule has 4 rings (SSSR count). The third-order valence-electron chi connectivity index (χ3n) is 5.22. The minimum Gasteiger partial charge on any atom is -0.487 e. The van der Waals surface area contributed by atoms with Gasteiger partial charge < -0.3 is 4.74 Å². The Bertz CT molecular complexity index is 1390. The van der Waals surface area contributed by atoms with Crippen molar-refractivity contribution in [1.29, 1.82) is 0 Å². The van der Waals surface area contributed by atoms with Crippen molar-refractivity contribution >= 4 is 76.0 Å². The van der Waals surface area contributed by atoms with E-state index in [0.29, 0.717) is 15.6 Å². The number of imide groups is 2. The Kier molecular flexibility index (Phi) is 7.38. The summed E-state index contributed by atoms with van der Waals surface area (Å²) in [6.07, 6.45) is 1.28. The van der Waals surface area contributed by atoms with Gasteiger partial charge in [0, 0.05) is 20.6 Å². The Hall–Kier alpha value is -3.03. The van der Waals surface area contributed by atoms with Crippen LogP contribution in [0, 0.1) is 6.92 Å². The summed E-state index contributed by atoms with van der Waals surface area (Å²) in [5.41, 5.74) is 1.55. The number of halogens is 4. The van der Waals surface area contributed by atoms with Gasteiger partial charge in [0.1, 0.15) is 17.9 Å². The first kappa shape index (κ1) is 25.1. The average molecular weight is 550 g/mol. The van der Waals surface area contributed by atoms with Gasteiger partial charge in [-0.2, -0.15) is 0 Å². The summed E-state index contributed by atoms with van der Waals surface area (Å²) in [6.45, 7) is 1.80. The molecule has 1 aliphatic rings. The van der Waals surface area contributed by atoms with Gasteiger partial charge in [-0.15, -0.1) is 0 Å². The fraction of sp³-hybridized carbons (Fsp3) is 0.0800. The van der Waals surface area contributed by atoms with Gasteiger partial charge in [0.05, 0.1) is 10.7 Å². The number of rotatable bonds is 5. The van der Waals surface area contributed by atoms with Crippen molar-refractivity contribution in [3.8, 4) is 5.75 Å². The maximum Gasteiger partial charge on any atom is 0.335 e. The van der Waals surface area contributed by atoms with Crippen molar-refractivity contribution in [2.75, 3.05) is 4.90 Å². The summed E-state index contributed by atoms with van der Waals surface area (Å²) < 4.78 is 5.91. The maximum atomic E-state index is 13.3. The predicted octanol–water partition coefficient (Wildman–Crippen LogP) is 6.85. The lowest BCUT2D eigenvalue weighted by molar-refractivity contribution is -0.122. The molecule has 0 saturated carbocycles. The van der Waals surface area contributed by atoms with Gasteiger partial charge in [-0.1, -0.05) is 64.6 Å². The van der Waals surface area contributed by atoms with Crippen molar-refractivity contribution in [2.45, 2.75) is 13.5 Å². The molecular weight excluding hydrogens is 534 g/mol. The first-order chi connectivity index (χ1) is 16.7. The summed E-state index contributed by atoms with van der Waals surface area (Å²) in [5.74, 6) is -1.49. The molecule has 1 N–H and O–H groups in total. The van der Waals surface area contributed by atoms with Crippen LogP contribution in [-0.4, -0.2) is 17.8 Å². The van der Waals surface area contributed by atoms with E-state index in [1.807, 2.05) is 0 Å². The second kappa shape index (κ2) is 10.3. The minimum atomic E-state index is -0.883. The smallest absolute Gasteiger partial charge is 0.335 e. The number of carbonyl (C=O) groups is 3. The van der Waals surface area contributed by atoms with E-state index >= 15 is 0 Å². The molecule has 0 radical (unpaired) electrons. The molecule has 0 bridgehead atoms. The van der Waals surface area contributed by atoms with Crippen molar-refractivity contribution < 1.29 is 19.1 Å². The summed E-state index contributed by atoms with van der Waals surface area (Å²) in [5, 5.41) is 3.58. The second-order valence-electron chi connectivity index (χ2n) is 7.56. The van der Waals surface area contributed by atoms with E-state index in [-0.39, 0.29) is 39.2 Å². The zero-order valence-electron chi connectivity index (χ0n) is 18.1. The quantitative estimate of drug-likeness (QED) is 0.279. The summed E-state index contributed by atoms with van der Waals surface area (Å²) in [6, 6.07) is 13.9. The zero-order chi connectivity index (χ0) is 25.3. The van der Waals surface area contributed by atoms with Gasteiger partial charge in [-0.25, -0.2) is 9.69 Å². The van der Waals surface area contributed by atoms with Crippen LogP contribution in [-0.2, 0) is 16.2 Å². The number of ether oxygens (including phenoxy) is 1. The second-order valence-corrected chi connectivity index (χ2v) is 9.25. The fourth-order valence-corrected chi connectivity index (χ4v) is 4.31. The molecular formula is C25H16Cl4N2O4. The van der Waals surface area contributed by atoms with Crippen molar-refractivity contribution in [3.63, 3.8) is 0 Å². The lowest BCUT2D eigenvalue weighted by Crippen LogP contribution is -2.54. The maximum absolute atomic E-state index is 13.3. The number of benzene rings is 3. The Morgan fingerprint density at radius 2 is 1.63 bits per heavy atom. The molecule has 1 fully saturated rings. The highest BCUT2D eigenvalue weighted by atomic mass is 35.5. The summed E-state index contributed by atoms with van der Waals surface area (Å²) in [7, 11) is 0. The average Bonchev–Trinajstić information content (AvgIpc) is 2.79. The molecule has 35 heavy (non-hydrogen) atoms. The molecule has 3 aromatic rings. The van der Waals surface area contributed by atoms with Crippen LogP contribution in [0.15, 0.2) is 60.2 Å². The molecule has 3 aromatic carbocycles. The van der Waals surface area contributed by atoms with Crippen LogP contribution in [0.2, 0.25) is 20.1 Å². The fourth-order valence-electron chi connectivity index (χ4n) is 3.45. The molecule has 10 heteroatoms. The number of anilines is 1. The van der Waals surface area contributed by atoms with E-state index in [2.05, 4.69) is 5.32 Å². The molecule has 0 aromatic heterocycles. The van der Waals surface area contributed by atoms with Gasteiger partial charge in [-0.05, 0) is 60.5 Å². The molecule has 0 unspecified atom stereocenters. The number of carbonyl (C=O) groups excluding carboxylic acids is 3. The van der Waals surface area contributed by atoms with Crippen molar-refractivity contribution in [3.05, 3.63) is 97.0 Å². The number of hydrogen-bond donors (Lipinski definition) is 1. The lowest BCUT2D eigenvalue weighted by Gasteiger charge is -2.28. The molecule has 178 valence electrons. The Balaban J connectivity index is 1.73. The lowest BCUT2D eigenvalue weighted by atomic mass is 10.0. The highest BCUT2D eigenvalue weighted by Gasteiger charge is 2.38. The van der Waals surface area contributed by atoms with Crippen LogP contribution in [0.4, 0.5) is 10.5 Å². The highest BCUT2D eigenvalue weighted by molar-refractivity contribution is 6.40. The number of urea groups is 1. The molecule has 1 aliphatic heterocycles. The van der Waals surface area contributed by atoms with Crippen LogP contribution in [0.3, 0.4) is 0 Å². The monoisotopic (exact) mass is 548 g/mol. The van der Waals surface area contributed by atoms with Gasteiger partial charge in [-0.3, -0.25) is 14.9 Å². The zero-order valence-corrected chi connectivity index (χ0v) is 21.1. The van der Waals surface area contributed by atoms with E-state index in [9.17, 15) is 14.4 Å². The standard InChI is InChI=1S/C25H16Cl4N2O4/c1-13-19(28)3-2-4-21(13)31-24(33)18(23(32)30-25(31)34)10-15-9-17(27)11-20(29)22(15)35-12-14-5-7-16(26)8-6-14/h2-11H,12H2,1H3,(H,30,32,34)/b18-10+. The van der Waals surface area contributed by atoms with E-state index in [0.717, 1.165) is 10.5 Å². The predicted molar refractivity (Wildman–Crippen MR) is 137 cm³/mol. The number of hydrogen-bond acceptors (Lipinski definition) is 4. The van der Waals surface area contributed by atoms with Crippen LogP contribution in [0.5, 0.6) is 5.75 Å². The van der Waals surface area contributed by atoms with Gasteiger partial charge in [0.25, 0.3) is 11.8 Å². The van der Waals surface area contributed by atoms with E-state index < -0.39 is 17.8 Å². The SMILES string of the molecule is Cc1c(Cl)cccc1N1C(=O)NC(=O)/C(=C\c2cc(Cl)cc(Cl)c2OCc2ccc(Cl)cc2)C1=O. The largest absolute Gasteiger partial charge is 0.487 e. The van der Waals surface area contributed by atoms with Crippen molar-refractivity contribution in [2.24, 2.45) is 0 Å². The molecule has 6 nitrogen and oxygen atoms in total. The Morgan fingerprint density at radius 1 is 0.914 bits per heavy atom. The molecule has 4 amide bonds. The molecule has 0 spiro atoms. The van der Waals surface area contributed by atoms with E-state index in [4.69, 9.17) is 51.1 Å². The molecule has 1 heterocycles. The summed E-state index contributed by atoms with van der Waals surface area (Å²) >= 11 is 24.7. The Morgan fingerprint density at radius 3 is 2.34 bits per heavy atom. The third kappa shape index (κ3) is 5.31. The molecule has 0 atom stereocenters.